The van der Waals surface area contributed by atoms with Crippen LogP contribution >= 0.6 is 0 Å². The zero-order valence-electron chi connectivity index (χ0n) is 14.1. The van der Waals surface area contributed by atoms with Gasteiger partial charge in [-0.1, -0.05) is 6.07 Å². The van der Waals surface area contributed by atoms with E-state index in [9.17, 15) is 14.7 Å². The van der Waals surface area contributed by atoms with Gasteiger partial charge in [-0.3, -0.25) is 14.6 Å². The molecular formula is C18H20N2O5. The number of aromatic nitrogens is 1. The number of ether oxygens (including phenoxy) is 2. The number of methoxy groups -OCH3 is 1. The topological polar surface area (TPSA) is 97.8 Å². The lowest BCUT2D eigenvalue weighted by molar-refractivity contribution is -0.137. The van der Waals surface area contributed by atoms with Gasteiger partial charge in [0.05, 0.1) is 31.7 Å². The maximum Gasteiger partial charge on any atom is 0.305 e. The van der Waals surface area contributed by atoms with Crippen molar-refractivity contribution in [1.29, 1.82) is 0 Å². The van der Waals surface area contributed by atoms with Crippen LogP contribution in [0.2, 0.25) is 0 Å². The molecule has 1 aromatic carbocycles. The second kappa shape index (κ2) is 8.68. The lowest BCUT2D eigenvalue weighted by atomic mass is 10.0. The molecule has 0 spiro atoms. The third-order valence-corrected chi connectivity index (χ3v) is 3.50. The van der Waals surface area contributed by atoms with E-state index in [1.54, 1.807) is 36.5 Å². The van der Waals surface area contributed by atoms with Gasteiger partial charge in [0.1, 0.15) is 0 Å². The van der Waals surface area contributed by atoms with Gasteiger partial charge in [0.15, 0.2) is 11.5 Å². The van der Waals surface area contributed by atoms with Gasteiger partial charge in [0, 0.05) is 12.4 Å². The van der Waals surface area contributed by atoms with Gasteiger partial charge in [0.25, 0.3) is 5.91 Å². The Morgan fingerprint density at radius 3 is 2.68 bits per heavy atom. The first-order valence-electron chi connectivity index (χ1n) is 7.78. The third-order valence-electron chi connectivity index (χ3n) is 3.50. The molecule has 132 valence electrons. The molecule has 2 rings (SSSR count). The number of benzene rings is 1. The minimum Gasteiger partial charge on any atom is -0.493 e. The zero-order chi connectivity index (χ0) is 18.2. The van der Waals surface area contributed by atoms with Gasteiger partial charge >= 0.3 is 5.97 Å². The van der Waals surface area contributed by atoms with Crippen LogP contribution in [-0.4, -0.2) is 35.7 Å². The molecule has 1 amide bonds. The molecule has 0 aliphatic heterocycles. The van der Waals surface area contributed by atoms with Crippen molar-refractivity contribution in [3.63, 3.8) is 0 Å². The molecule has 0 saturated carbocycles. The molecule has 1 unspecified atom stereocenters. The summed E-state index contributed by atoms with van der Waals surface area (Å²) in [6, 6.07) is 7.62. The Balaban J connectivity index is 2.27. The van der Waals surface area contributed by atoms with Crippen LogP contribution in [0.15, 0.2) is 42.7 Å². The van der Waals surface area contributed by atoms with Gasteiger partial charge in [0.2, 0.25) is 0 Å². The summed E-state index contributed by atoms with van der Waals surface area (Å²) in [4.78, 5) is 27.4. The Morgan fingerprint density at radius 2 is 2.08 bits per heavy atom. The Kier molecular flexibility index (Phi) is 6.33. The van der Waals surface area contributed by atoms with Crippen molar-refractivity contribution in [3.05, 3.63) is 53.9 Å². The van der Waals surface area contributed by atoms with Crippen molar-refractivity contribution in [2.45, 2.75) is 19.4 Å². The van der Waals surface area contributed by atoms with Crippen molar-refractivity contribution in [1.82, 2.24) is 10.3 Å². The standard InChI is InChI=1S/C18H20N2O5/c1-3-25-15-7-6-12(9-16(15)24-2)14(10-17(21)22)20-18(23)13-5-4-8-19-11-13/h4-9,11,14H,3,10H2,1-2H3,(H,20,23)(H,21,22). The Bertz CT molecular complexity index is 734. The van der Waals surface area contributed by atoms with Crippen molar-refractivity contribution in [2.75, 3.05) is 13.7 Å². The number of nitrogens with one attached hydrogen (secondary N) is 1. The van der Waals surface area contributed by atoms with E-state index in [-0.39, 0.29) is 6.42 Å². The molecule has 0 aliphatic carbocycles. The summed E-state index contributed by atoms with van der Waals surface area (Å²) in [7, 11) is 1.50. The van der Waals surface area contributed by atoms with Gasteiger partial charge in [-0.15, -0.1) is 0 Å². The summed E-state index contributed by atoms with van der Waals surface area (Å²) in [5.41, 5.74) is 0.968. The largest absolute Gasteiger partial charge is 0.493 e. The van der Waals surface area contributed by atoms with Crippen LogP contribution in [0.4, 0.5) is 0 Å². The van der Waals surface area contributed by atoms with Crippen molar-refractivity contribution < 1.29 is 24.2 Å². The predicted octanol–water partition coefficient (Wildman–Crippen LogP) is 2.43. The highest BCUT2D eigenvalue weighted by Crippen LogP contribution is 2.31. The van der Waals surface area contributed by atoms with Crippen LogP contribution in [0.1, 0.15) is 35.3 Å². The smallest absolute Gasteiger partial charge is 0.305 e. The van der Waals surface area contributed by atoms with Crippen LogP contribution in [0, 0.1) is 0 Å². The molecule has 7 heteroatoms. The average Bonchev–Trinajstić information content (AvgIpc) is 2.62. The van der Waals surface area contributed by atoms with Gasteiger partial charge in [-0.25, -0.2) is 0 Å². The molecule has 0 radical (unpaired) electrons. The van der Waals surface area contributed by atoms with E-state index in [1.165, 1.54) is 13.3 Å². The fourth-order valence-corrected chi connectivity index (χ4v) is 2.34. The van der Waals surface area contributed by atoms with Crippen LogP contribution in [0.5, 0.6) is 11.5 Å². The zero-order valence-corrected chi connectivity index (χ0v) is 14.1. The summed E-state index contributed by atoms with van der Waals surface area (Å²) in [5.74, 6) is -0.386. The summed E-state index contributed by atoms with van der Waals surface area (Å²) in [6.45, 7) is 2.33. The second-order valence-electron chi connectivity index (χ2n) is 5.21. The van der Waals surface area contributed by atoms with E-state index in [0.29, 0.717) is 29.2 Å². The van der Waals surface area contributed by atoms with Gasteiger partial charge < -0.3 is 19.9 Å². The average molecular weight is 344 g/mol. The minimum absolute atomic E-state index is 0.261. The molecular weight excluding hydrogens is 324 g/mol. The maximum atomic E-state index is 12.3. The molecule has 2 N–H and O–H groups in total. The van der Waals surface area contributed by atoms with E-state index < -0.39 is 17.9 Å². The SMILES string of the molecule is CCOc1ccc(C(CC(=O)O)NC(=O)c2cccnc2)cc1OC. The highest BCUT2D eigenvalue weighted by atomic mass is 16.5. The second-order valence-corrected chi connectivity index (χ2v) is 5.21. The Hall–Kier alpha value is -3.09. The molecule has 0 bridgehead atoms. The summed E-state index contributed by atoms with van der Waals surface area (Å²) in [5, 5.41) is 11.9. The molecule has 0 fully saturated rings. The first-order chi connectivity index (χ1) is 12.0. The molecule has 1 atom stereocenters. The number of carboxylic acid groups (broad SMARTS) is 1. The fourth-order valence-electron chi connectivity index (χ4n) is 2.34. The number of carbonyl (C=O) groups is 2. The lowest BCUT2D eigenvalue weighted by Gasteiger charge is -2.19. The van der Waals surface area contributed by atoms with Crippen molar-refractivity contribution in [3.8, 4) is 11.5 Å². The maximum absolute atomic E-state index is 12.3. The number of aliphatic carboxylic acids is 1. The first-order valence-corrected chi connectivity index (χ1v) is 7.78. The molecule has 0 aliphatic rings. The summed E-state index contributed by atoms with van der Waals surface area (Å²) < 4.78 is 10.7. The minimum atomic E-state index is -1.02. The third kappa shape index (κ3) is 4.94. The van der Waals surface area contributed by atoms with Crippen LogP contribution in [-0.2, 0) is 4.79 Å². The van der Waals surface area contributed by atoms with Crippen molar-refractivity contribution >= 4 is 11.9 Å². The number of rotatable bonds is 8. The first kappa shape index (κ1) is 18.3. The van der Waals surface area contributed by atoms with Crippen LogP contribution in [0.25, 0.3) is 0 Å². The Labute approximate surface area is 145 Å². The number of pyridine rings is 1. The lowest BCUT2D eigenvalue weighted by Crippen LogP contribution is -2.30. The predicted molar refractivity (Wildman–Crippen MR) is 90.9 cm³/mol. The molecule has 25 heavy (non-hydrogen) atoms. The molecule has 2 aromatic rings. The van der Waals surface area contributed by atoms with E-state index >= 15 is 0 Å². The number of carboxylic acids is 1. The van der Waals surface area contributed by atoms with Crippen molar-refractivity contribution in [2.24, 2.45) is 0 Å². The normalized spacial score (nSPS) is 11.4. The van der Waals surface area contributed by atoms with Gasteiger partial charge in [-0.05, 0) is 36.8 Å². The number of nitrogens with zero attached hydrogens (tertiary/aromatic N) is 1. The number of carbonyl (C=O) groups excluding carboxylic acids is 1. The monoisotopic (exact) mass is 344 g/mol. The summed E-state index contributed by atoms with van der Waals surface area (Å²) >= 11 is 0. The Morgan fingerprint density at radius 1 is 1.28 bits per heavy atom. The van der Waals surface area contributed by atoms with Crippen LogP contribution in [0.3, 0.4) is 0 Å². The quantitative estimate of drug-likeness (QED) is 0.763. The number of amides is 1. The van der Waals surface area contributed by atoms with E-state index in [0.717, 1.165) is 0 Å². The van der Waals surface area contributed by atoms with Gasteiger partial charge in [-0.2, -0.15) is 0 Å². The molecule has 7 nitrogen and oxygen atoms in total. The van der Waals surface area contributed by atoms with E-state index in [4.69, 9.17) is 9.47 Å². The summed E-state index contributed by atoms with van der Waals surface area (Å²) in [6.07, 6.45) is 2.72. The van der Waals surface area contributed by atoms with E-state index in [2.05, 4.69) is 10.3 Å². The number of hydrogen-bond acceptors (Lipinski definition) is 5. The fraction of sp³-hybridized carbons (Fsp3) is 0.278. The highest BCUT2D eigenvalue weighted by Gasteiger charge is 2.20. The molecule has 0 saturated heterocycles. The molecule has 1 heterocycles. The van der Waals surface area contributed by atoms with Crippen LogP contribution < -0.4 is 14.8 Å². The molecule has 1 aromatic heterocycles. The number of hydrogen-bond donors (Lipinski definition) is 2. The highest BCUT2D eigenvalue weighted by molar-refractivity contribution is 5.94. The van der Waals surface area contributed by atoms with E-state index in [1.807, 2.05) is 6.92 Å².